The normalized spacial score (nSPS) is 12.8. The molecule has 2 rings (SSSR count). The minimum Gasteiger partial charge on any atom is -0.453 e. The van der Waals surface area contributed by atoms with Gasteiger partial charge < -0.3 is 10.2 Å². The fraction of sp³-hybridized carbons (Fsp3) is 0.0909. The van der Waals surface area contributed by atoms with Crippen LogP contribution in [0.4, 0.5) is 4.39 Å². The van der Waals surface area contributed by atoms with E-state index in [0.717, 1.165) is 0 Å². The lowest BCUT2D eigenvalue weighted by molar-refractivity contribution is 0.564. The average molecular weight is 260 g/mol. The summed E-state index contributed by atoms with van der Waals surface area (Å²) in [4.78, 5) is 0. The van der Waals surface area contributed by atoms with Crippen molar-refractivity contribution < 1.29 is 8.81 Å². The summed E-state index contributed by atoms with van der Waals surface area (Å²) in [6, 6.07) is 5.05. The van der Waals surface area contributed by atoms with Crippen LogP contribution in [0.3, 0.4) is 0 Å². The molecule has 2 nitrogen and oxygen atoms in total. The van der Waals surface area contributed by atoms with Crippen molar-refractivity contribution in [3.8, 4) is 0 Å². The molecule has 0 aliphatic rings. The molecule has 1 atom stereocenters. The molecule has 0 spiro atoms. The van der Waals surface area contributed by atoms with Crippen molar-refractivity contribution in [1.29, 1.82) is 0 Å². The minimum atomic E-state index is -0.602. The molecule has 0 radical (unpaired) electrons. The van der Waals surface area contributed by atoms with Crippen LogP contribution in [0.1, 0.15) is 17.2 Å². The zero-order chi connectivity index (χ0) is 11.7. The van der Waals surface area contributed by atoms with Crippen molar-refractivity contribution in [2.24, 2.45) is 5.73 Å². The van der Waals surface area contributed by atoms with Crippen molar-refractivity contribution >= 4 is 23.2 Å². The molecule has 0 saturated carbocycles. The highest BCUT2D eigenvalue weighted by Crippen LogP contribution is 2.31. The summed E-state index contributed by atoms with van der Waals surface area (Å²) in [6.07, 6.45) is 1.42. The Morgan fingerprint density at radius 1 is 1.19 bits per heavy atom. The van der Waals surface area contributed by atoms with Gasteiger partial charge in [-0.1, -0.05) is 11.6 Å². The van der Waals surface area contributed by atoms with E-state index in [0.29, 0.717) is 16.1 Å². The fourth-order valence-electron chi connectivity index (χ4n) is 1.45. The second-order valence-corrected chi connectivity index (χ2v) is 4.04. The maximum atomic E-state index is 13.1. The lowest BCUT2D eigenvalue weighted by Crippen LogP contribution is -2.12. The largest absolute Gasteiger partial charge is 0.453 e. The number of benzene rings is 1. The van der Waals surface area contributed by atoms with Gasteiger partial charge in [-0.2, -0.15) is 0 Å². The Morgan fingerprint density at radius 3 is 2.56 bits per heavy atom. The van der Waals surface area contributed by atoms with Crippen LogP contribution in [0, 0.1) is 5.82 Å². The highest BCUT2D eigenvalue weighted by atomic mass is 35.5. The molecule has 5 heteroatoms. The molecule has 1 unspecified atom stereocenters. The van der Waals surface area contributed by atoms with Gasteiger partial charge in [0.05, 0.1) is 12.3 Å². The lowest BCUT2D eigenvalue weighted by Gasteiger charge is -2.12. The topological polar surface area (TPSA) is 39.2 Å². The second-order valence-electron chi connectivity index (χ2n) is 3.29. The number of hydrogen-bond acceptors (Lipinski definition) is 2. The monoisotopic (exact) mass is 259 g/mol. The van der Waals surface area contributed by atoms with Gasteiger partial charge in [-0.05, 0) is 41.4 Å². The van der Waals surface area contributed by atoms with E-state index in [4.69, 9.17) is 33.4 Å². The Bertz CT molecular complexity index is 512. The molecule has 16 heavy (non-hydrogen) atoms. The molecule has 2 aromatic rings. The van der Waals surface area contributed by atoms with Gasteiger partial charge in [-0.15, -0.1) is 0 Å². The first kappa shape index (κ1) is 11.5. The Morgan fingerprint density at radius 2 is 1.94 bits per heavy atom. The predicted octanol–water partition coefficient (Wildman–Crippen LogP) is 3.77. The van der Waals surface area contributed by atoms with Crippen LogP contribution in [-0.4, -0.2) is 0 Å². The van der Waals surface area contributed by atoms with E-state index in [1.165, 1.54) is 24.5 Å². The van der Waals surface area contributed by atoms with Crippen LogP contribution < -0.4 is 5.73 Å². The summed E-state index contributed by atoms with van der Waals surface area (Å²) in [5, 5.41) is 0.582. The molecular weight excluding hydrogens is 252 g/mol. The zero-order valence-electron chi connectivity index (χ0n) is 8.08. The molecule has 0 fully saturated rings. The summed E-state index contributed by atoms with van der Waals surface area (Å²) in [7, 11) is 0. The van der Waals surface area contributed by atoms with Crippen LogP contribution in [0.2, 0.25) is 10.2 Å². The third kappa shape index (κ3) is 2.07. The molecule has 84 valence electrons. The predicted molar refractivity (Wildman–Crippen MR) is 61.2 cm³/mol. The van der Waals surface area contributed by atoms with Crippen LogP contribution >= 0.6 is 23.2 Å². The third-order valence-corrected chi connectivity index (χ3v) is 2.93. The van der Waals surface area contributed by atoms with Crippen molar-refractivity contribution in [2.45, 2.75) is 6.04 Å². The molecule has 1 aromatic heterocycles. The lowest BCUT2D eigenvalue weighted by atomic mass is 10.0. The third-order valence-electron chi connectivity index (χ3n) is 2.27. The Balaban J connectivity index is 2.45. The van der Waals surface area contributed by atoms with E-state index in [9.17, 15) is 4.39 Å². The van der Waals surface area contributed by atoms with Crippen molar-refractivity contribution in [1.82, 2.24) is 0 Å². The van der Waals surface area contributed by atoms with Crippen molar-refractivity contribution in [3.05, 3.63) is 57.7 Å². The van der Waals surface area contributed by atoms with E-state index in [-0.39, 0.29) is 5.22 Å². The van der Waals surface area contributed by atoms with Gasteiger partial charge in [0, 0.05) is 10.6 Å². The molecule has 0 aliphatic heterocycles. The molecule has 2 N–H and O–H groups in total. The molecule has 0 saturated heterocycles. The van der Waals surface area contributed by atoms with Gasteiger partial charge in [-0.3, -0.25) is 0 Å². The van der Waals surface area contributed by atoms with E-state index < -0.39 is 11.9 Å². The molecule has 1 heterocycles. The molecular formula is C11H8Cl2FNO. The maximum absolute atomic E-state index is 13.1. The second kappa shape index (κ2) is 4.45. The van der Waals surface area contributed by atoms with Crippen molar-refractivity contribution in [3.63, 3.8) is 0 Å². The Labute approximate surface area is 102 Å². The Kier molecular flexibility index (Phi) is 3.19. The molecule has 0 bridgehead atoms. The van der Waals surface area contributed by atoms with E-state index in [2.05, 4.69) is 0 Å². The number of furan rings is 1. The van der Waals surface area contributed by atoms with Gasteiger partial charge in [0.15, 0.2) is 5.22 Å². The number of halogens is 3. The standard InChI is InChI=1S/C11H8Cl2FNO/c12-9-2-1-6(14)5-8(9)10(15)7-3-4-16-11(7)13/h1-5,10H,15H2. The smallest absolute Gasteiger partial charge is 0.198 e. The fourth-order valence-corrected chi connectivity index (χ4v) is 1.91. The zero-order valence-corrected chi connectivity index (χ0v) is 9.60. The SMILES string of the molecule is NC(c1cc(F)ccc1Cl)c1ccoc1Cl. The first-order valence-electron chi connectivity index (χ1n) is 4.53. The van der Waals surface area contributed by atoms with Gasteiger partial charge in [0.2, 0.25) is 0 Å². The molecule has 0 amide bonds. The maximum Gasteiger partial charge on any atom is 0.198 e. The molecule has 0 aliphatic carbocycles. The summed E-state index contributed by atoms with van der Waals surface area (Å²) >= 11 is 11.7. The van der Waals surface area contributed by atoms with Gasteiger partial charge in [-0.25, -0.2) is 4.39 Å². The number of rotatable bonds is 2. The van der Waals surface area contributed by atoms with Gasteiger partial charge >= 0.3 is 0 Å². The summed E-state index contributed by atoms with van der Waals surface area (Å²) < 4.78 is 18.0. The average Bonchev–Trinajstić information content (AvgIpc) is 2.67. The quantitative estimate of drug-likeness (QED) is 0.892. The Hall–Kier alpha value is -1.03. The van der Waals surface area contributed by atoms with E-state index in [1.807, 2.05) is 0 Å². The van der Waals surface area contributed by atoms with Gasteiger partial charge in [0.25, 0.3) is 0 Å². The van der Waals surface area contributed by atoms with Crippen molar-refractivity contribution in [2.75, 3.05) is 0 Å². The van der Waals surface area contributed by atoms with E-state index >= 15 is 0 Å². The van der Waals surface area contributed by atoms with Gasteiger partial charge in [0.1, 0.15) is 5.82 Å². The highest BCUT2D eigenvalue weighted by molar-refractivity contribution is 6.31. The number of hydrogen-bond donors (Lipinski definition) is 1. The minimum absolute atomic E-state index is 0.188. The molecule has 1 aromatic carbocycles. The summed E-state index contributed by atoms with van der Waals surface area (Å²) in [6.45, 7) is 0. The highest BCUT2D eigenvalue weighted by Gasteiger charge is 2.17. The van der Waals surface area contributed by atoms with Crippen LogP contribution in [-0.2, 0) is 0 Å². The van der Waals surface area contributed by atoms with E-state index in [1.54, 1.807) is 6.07 Å². The van der Waals surface area contributed by atoms with Crippen LogP contribution in [0.5, 0.6) is 0 Å². The summed E-state index contributed by atoms with van der Waals surface area (Å²) in [5.74, 6) is -0.394. The first-order valence-corrected chi connectivity index (χ1v) is 5.28. The number of nitrogens with two attached hydrogens (primary N) is 1. The summed E-state index contributed by atoms with van der Waals surface area (Å²) in [5.41, 5.74) is 6.99. The van der Waals surface area contributed by atoms with Crippen LogP contribution in [0.25, 0.3) is 0 Å². The first-order chi connectivity index (χ1) is 7.59. The van der Waals surface area contributed by atoms with Crippen LogP contribution in [0.15, 0.2) is 34.9 Å².